The van der Waals surface area contributed by atoms with Crippen molar-refractivity contribution in [2.75, 3.05) is 37.8 Å². The highest BCUT2D eigenvalue weighted by Gasteiger charge is 2.28. The zero-order chi connectivity index (χ0) is 27.7. The van der Waals surface area contributed by atoms with Gasteiger partial charge in [-0.05, 0) is 60.7 Å². The van der Waals surface area contributed by atoms with Crippen molar-refractivity contribution >= 4 is 29.7 Å². The van der Waals surface area contributed by atoms with E-state index in [1.54, 1.807) is 24.3 Å². The summed E-state index contributed by atoms with van der Waals surface area (Å²) in [5.41, 5.74) is 5.04. The van der Waals surface area contributed by atoms with Crippen molar-refractivity contribution in [1.29, 1.82) is 0 Å². The number of hydrogen-bond donors (Lipinski definition) is 2. The maximum absolute atomic E-state index is 12.9. The van der Waals surface area contributed by atoms with Crippen LogP contribution in [0.25, 0.3) is 11.1 Å². The Hall–Kier alpha value is -3.24. The normalized spacial score (nSPS) is 14.4. The summed E-state index contributed by atoms with van der Waals surface area (Å²) in [6, 6.07) is 22.9. The lowest BCUT2D eigenvalue weighted by Crippen LogP contribution is -3.00. The SMILES string of the molecule is C[N+]1(C)CCC(OC(=O)Nc2cc(CCCCC(=O)Nc3ccc(C=O)cc3)ccc2-c2ccccc2)CC1.[I-]. The number of aryl methyl sites for hydroxylation is 1. The number of nitrogens with zero attached hydrogens (tertiary/aromatic N) is 1. The first kappa shape index (κ1) is 31.3. The van der Waals surface area contributed by atoms with Gasteiger partial charge in [-0.15, -0.1) is 0 Å². The molecule has 0 saturated carbocycles. The number of hydrogen-bond acceptors (Lipinski definition) is 4. The molecule has 212 valence electrons. The van der Waals surface area contributed by atoms with Crippen LogP contribution < -0.4 is 34.6 Å². The Labute approximate surface area is 253 Å². The number of unbranched alkanes of at least 4 members (excludes halogenated alkanes) is 1. The largest absolute Gasteiger partial charge is 1.00 e. The van der Waals surface area contributed by atoms with Crippen LogP contribution in [0, 0.1) is 0 Å². The number of likely N-dealkylation sites (tertiary alicyclic amines) is 1. The second-order valence-electron chi connectivity index (χ2n) is 10.9. The van der Waals surface area contributed by atoms with Gasteiger partial charge in [0.1, 0.15) is 12.4 Å². The Bertz CT molecular complexity index is 1270. The second kappa shape index (κ2) is 14.9. The first-order chi connectivity index (χ1) is 18.8. The van der Waals surface area contributed by atoms with Crippen LogP contribution in [-0.4, -0.2) is 56.1 Å². The highest BCUT2D eigenvalue weighted by Crippen LogP contribution is 2.30. The fraction of sp³-hybridized carbons (Fsp3) is 0.344. The predicted molar refractivity (Wildman–Crippen MR) is 155 cm³/mol. The van der Waals surface area contributed by atoms with Crippen molar-refractivity contribution in [3.8, 4) is 11.1 Å². The number of aldehydes is 1. The molecular weight excluding hydrogens is 617 g/mol. The molecule has 0 atom stereocenters. The van der Waals surface area contributed by atoms with E-state index in [9.17, 15) is 14.4 Å². The lowest BCUT2D eigenvalue weighted by Gasteiger charge is -2.36. The number of benzene rings is 3. The van der Waals surface area contributed by atoms with Gasteiger partial charge in [-0.25, -0.2) is 4.79 Å². The second-order valence-corrected chi connectivity index (χ2v) is 10.9. The zero-order valence-electron chi connectivity index (χ0n) is 23.2. The minimum absolute atomic E-state index is 0. The summed E-state index contributed by atoms with van der Waals surface area (Å²) in [5.74, 6) is -0.0525. The Kier molecular flexibility index (Phi) is 11.7. The highest BCUT2D eigenvalue weighted by atomic mass is 127. The van der Waals surface area contributed by atoms with E-state index in [0.29, 0.717) is 17.7 Å². The van der Waals surface area contributed by atoms with Crippen LogP contribution in [0.1, 0.15) is 48.0 Å². The Morgan fingerprint density at radius 3 is 2.30 bits per heavy atom. The number of ether oxygens (including phenoxy) is 1. The van der Waals surface area contributed by atoms with Crippen LogP contribution in [0.4, 0.5) is 16.2 Å². The number of halogens is 1. The van der Waals surface area contributed by atoms with E-state index < -0.39 is 6.09 Å². The van der Waals surface area contributed by atoms with Gasteiger partial charge in [0.05, 0.1) is 32.9 Å². The van der Waals surface area contributed by atoms with Crippen molar-refractivity contribution in [3.05, 3.63) is 83.9 Å². The van der Waals surface area contributed by atoms with E-state index in [1.807, 2.05) is 42.5 Å². The van der Waals surface area contributed by atoms with E-state index in [1.165, 1.54) is 0 Å². The summed E-state index contributed by atoms with van der Waals surface area (Å²) in [6.45, 7) is 1.99. The van der Waals surface area contributed by atoms with Crippen LogP contribution in [0.5, 0.6) is 0 Å². The lowest BCUT2D eigenvalue weighted by atomic mass is 9.99. The van der Waals surface area contributed by atoms with Gasteiger partial charge >= 0.3 is 6.09 Å². The van der Waals surface area contributed by atoms with Crippen LogP contribution >= 0.6 is 0 Å². The minimum Gasteiger partial charge on any atom is -1.00 e. The molecule has 3 aromatic carbocycles. The molecule has 8 heteroatoms. The predicted octanol–water partition coefficient (Wildman–Crippen LogP) is 3.31. The average molecular weight is 656 g/mol. The molecule has 2 amide bonds. The molecule has 0 spiro atoms. The average Bonchev–Trinajstić information content (AvgIpc) is 2.93. The number of rotatable bonds is 10. The molecule has 7 nitrogen and oxygen atoms in total. The van der Waals surface area contributed by atoms with Crippen molar-refractivity contribution < 1.29 is 47.6 Å². The van der Waals surface area contributed by atoms with Crippen LogP contribution in [-0.2, 0) is 16.0 Å². The Morgan fingerprint density at radius 1 is 0.925 bits per heavy atom. The summed E-state index contributed by atoms with van der Waals surface area (Å²) in [4.78, 5) is 36.0. The molecule has 0 unspecified atom stereocenters. The van der Waals surface area contributed by atoms with E-state index in [0.717, 1.165) is 78.3 Å². The summed E-state index contributed by atoms with van der Waals surface area (Å²) in [7, 11) is 4.41. The van der Waals surface area contributed by atoms with Crippen molar-refractivity contribution in [3.63, 3.8) is 0 Å². The molecule has 0 aliphatic carbocycles. The molecule has 40 heavy (non-hydrogen) atoms. The molecule has 1 heterocycles. The van der Waals surface area contributed by atoms with Crippen LogP contribution in [0.2, 0.25) is 0 Å². The van der Waals surface area contributed by atoms with Crippen LogP contribution in [0.15, 0.2) is 72.8 Å². The van der Waals surface area contributed by atoms with Gasteiger partial charge in [0.25, 0.3) is 0 Å². The third kappa shape index (κ3) is 9.45. The van der Waals surface area contributed by atoms with Gasteiger partial charge in [0.15, 0.2) is 0 Å². The monoisotopic (exact) mass is 655 g/mol. The van der Waals surface area contributed by atoms with Gasteiger partial charge in [0.2, 0.25) is 5.91 Å². The van der Waals surface area contributed by atoms with Crippen molar-refractivity contribution in [2.45, 2.75) is 44.6 Å². The molecular formula is C32H38IN3O4. The van der Waals surface area contributed by atoms with E-state index in [4.69, 9.17) is 4.74 Å². The molecule has 0 bridgehead atoms. The van der Waals surface area contributed by atoms with Gasteiger partial charge in [-0.2, -0.15) is 0 Å². The molecule has 0 aromatic heterocycles. The third-order valence-corrected chi connectivity index (χ3v) is 7.24. The number of quaternary nitrogens is 1. The van der Waals surface area contributed by atoms with E-state index in [2.05, 4.69) is 30.8 Å². The van der Waals surface area contributed by atoms with Crippen LogP contribution in [0.3, 0.4) is 0 Å². The molecule has 4 rings (SSSR count). The zero-order valence-corrected chi connectivity index (χ0v) is 25.4. The molecule has 2 N–H and O–H groups in total. The maximum atomic E-state index is 12.9. The summed E-state index contributed by atoms with van der Waals surface area (Å²) in [5, 5.41) is 5.88. The fourth-order valence-electron chi connectivity index (χ4n) is 4.85. The van der Waals surface area contributed by atoms with E-state index >= 15 is 0 Å². The van der Waals surface area contributed by atoms with Crippen molar-refractivity contribution in [2.24, 2.45) is 0 Å². The number of amides is 2. The molecule has 1 saturated heterocycles. The lowest BCUT2D eigenvalue weighted by molar-refractivity contribution is -0.896. The van der Waals surface area contributed by atoms with Gasteiger partial charge in [-0.1, -0.05) is 42.5 Å². The smallest absolute Gasteiger partial charge is 0.411 e. The number of piperidine rings is 1. The minimum atomic E-state index is -0.417. The molecule has 0 radical (unpaired) electrons. The summed E-state index contributed by atoms with van der Waals surface area (Å²) >= 11 is 0. The molecule has 1 aliphatic rings. The molecule has 3 aromatic rings. The van der Waals surface area contributed by atoms with Gasteiger partial charge in [-0.3, -0.25) is 14.9 Å². The topological polar surface area (TPSA) is 84.5 Å². The number of nitrogens with one attached hydrogen (secondary N) is 2. The van der Waals surface area contributed by atoms with Crippen molar-refractivity contribution in [1.82, 2.24) is 0 Å². The number of carbonyl (C=O) groups is 3. The van der Waals surface area contributed by atoms with E-state index in [-0.39, 0.29) is 36.0 Å². The van der Waals surface area contributed by atoms with Gasteiger partial charge in [0, 0.05) is 36.1 Å². The fourth-order valence-corrected chi connectivity index (χ4v) is 4.85. The first-order valence-electron chi connectivity index (χ1n) is 13.6. The quantitative estimate of drug-likeness (QED) is 0.152. The first-order valence-corrected chi connectivity index (χ1v) is 13.6. The maximum Gasteiger partial charge on any atom is 0.411 e. The Balaban J connectivity index is 0.00000441. The summed E-state index contributed by atoms with van der Waals surface area (Å²) in [6.07, 6.45) is 4.79. The summed E-state index contributed by atoms with van der Waals surface area (Å²) < 4.78 is 6.74. The molecule has 1 aliphatic heterocycles. The Morgan fingerprint density at radius 2 is 1.62 bits per heavy atom. The molecule has 1 fully saturated rings. The standard InChI is InChI=1S/C32H37N3O4.HI/c1-35(2)20-18-28(19-21-35)39-32(38)34-30-22-24(14-17-29(30)26-9-4-3-5-10-26)8-6-7-11-31(37)33-27-15-12-25(23-36)13-16-27;/h3-5,9-10,12-17,22-23,28H,6-8,11,18-21H2,1-2H3,(H-,33,34,36,37,38);1H. The number of carbonyl (C=O) groups excluding carboxylic acids is 3. The highest BCUT2D eigenvalue weighted by molar-refractivity contribution is 5.92. The van der Waals surface area contributed by atoms with Gasteiger partial charge < -0.3 is 38.5 Å². The third-order valence-electron chi connectivity index (χ3n) is 7.24. The number of anilines is 2.